The van der Waals surface area contributed by atoms with Gasteiger partial charge in [0.25, 0.3) is 0 Å². The second kappa shape index (κ2) is 3.82. The highest BCUT2D eigenvalue weighted by atomic mass is 35.5. The second-order valence-corrected chi connectivity index (χ2v) is 3.33. The number of ether oxygens (including phenoxy) is 1. The number of hydrogen-bond acceptors (Lipinski definition) is 3. The Kier molecular flexibility index (Phi) is 2.51. The minimum Gasteiger partial charge on any atom is -0.480 e. The van der Waals surface area contributed by atoms with Crippen molar-refractivity contribution in [1.82, 2.24) is 0 Å². The Morgan fingerprint density at radius 1 is 1.53 bits per heavy atom. The molecule has 0 bridgehead atoms. The zero-order valence-corrected chi connectivity index (χ0v) is 8.32. The van der Waals surface area contributed by atoms with Crippen LogP contribution in [-0.2, 0) is 4.79 Å². The molecule has 1 aromatic heterocycles. The first-order chi connectivity index (χ1) is 7.16. The van der Waals surface area contributed by atoms with E-state index >= 15 is 0 Å². The van der Waals surface area contributed by atoms with Crippen molar-refractivity contribution in [2.24, 2.45) is 0 Å². The van der Waals surface area contributed by atoms with Crippen molar-refractivity contribution in [3.8, 4) is 5.75 Å². The molecule has 0 aliphatic carbocycles. The summed E-state index contributed by atoms with van der Waals surface area (Å²) in [7, 11) is 0. The molecule has 0 fully saturated rings. The van der Waals surface area contributed by atoms with Gasteiger partial charge < -0.3 is 14.3 Å². The number of hydrogen-bond donors (Lipinski definition) is 1. The third kappa shape index (κ3) is 2.05. The molecule has 0 aliphatic rings. The van der Waals surface area contributed by atoms with E-state index in [1.54, 1.807) is 18.2 Å². The highest BCUT2D eigenvalue weighted by molar-refractivity contribution is 6.32. The molecule has 78 valence electrons. The summed E-state index contributed by atoms with van der Waals surface area (Å²) in [6.07, 6.45) is 1.53. The van der Waals surface area contributed by atoms with Crippen molar-refractivity contribution in [2.75, 3.05) is 6.61 Å². The largest absolute Gasteiger partial charge is 0.480 e. The lowest BCUT2D eigenvalue weighted by atomic mass is 10.2. The van der Waals surface area contributed by atoms with Crippen LogP contribution in [0.15, 0.2) is 28.9 Å². The lowest BCUT2D eigenvalue weighted by molar-refractivity contribution is -0.139. The van der Waals surface area contributed by atoms with Crippen LogP contribution < -0.4 is 4.74 Å². The summed E-state index contributed by atoms with van der Waals surface area (Å²) in [4.78, 5) is 10.3. The molecule has 0 saturated carbocycles. The zero-order chi connectivity index (χ0) is 10.8. The standard InChI is InChI=1S/C10H7ClO4/c11-7-3-6-1-2-14-8(6)4-9(7)15-5-10(12)13/h1-4H,5H2,(H,12,13). The van der Waals surface area contributed by atoms with Gasteiger partial charge in [-0.2, -0.15) is 0 Å². The molecule has 1 aromatic carbocycles. The first-order valence-corrected chi connectivity index (χ1v) is 4.56. The van der Waals surface area contributed by atoms with Gasteiger partial charge in [0.1, 0.15) is 11.3 Å². The van der Waals surface area contributed by atoms with E-state index < -0.39 is 12.6 Å². The zero-order valence-electron chi connectivity index (χ0n) is 7.57. The fourth-order valence-electron chi connectivity index (χ4n) is 1.21. The molecule has 15 heavy (non-hydrogen) atoms. The van der Waals surface area contributed by atoms with Crippen LogP contribution in [-0.4, -0.2) is 17.7 Å². The molecule has 5 heteroatoms. The highest BCUT2D eigenvalue weighted by Crippen LogP contribution is 2.30. The molecule has 0 radical (unpaired) electrons. The molecule has 0 saturated heterocycles. The number of aliphatic carboxylic acids is 1. The van der Waals surface area contributed by atoms with Crippen LogP contribution in [0.2, 0.25) is 5.02 Å². The Bertz CT molecular complexity index is 503. The number of rotatable bonds is 3. The summed E-state index contributed by atoms with van der Waals surface area (Å²) in [5.74, 6) is -0.743. The first kappa shape index (κ1) is 9.86. The average molecular weight is 227 g/mol. The number of fused-ring (bicyclic) bond motifs is 1. The van der Waals surface area contributed by atoms with Crippen LogP contribution in [0.3, 0.4) is 0 Å². The fourth-order valence-corrected chi connectivity index (χ4v) is 1.44. The summed E-state index contributed by atoms with van der Waals surface area (Å²) in [6, 6.07) is 5.00. The van der Waals surface area contributed by atoms with Crippen molar-refractivity contribution in [1.29, 1.82) is 0 Å². The van der Waals surface area contributed by atoms with E-state index in [9.17, 15) is 4.79 Å². The number of furan rings is 1. The summed E-state index contributed by atoms with van der Waals surface area (Å²) in [5.41, 5.74) is 0.611. The first-order valence-electron chi connectivity index (χ1n) is 4.18. The van der Waals surface area contributed by atoms with Gasteiger partial charge in [0.05, 0.1) is 11.3 Å². The Morgan fingerprint density at radius 3 is 3.07 bits per heavy atom. The van der Waals surface area contributed by atoms with E-state index in [1.165, 1.54) is 6.26 Å². The molecule has 0 aliphatic heterocycles. The van der Waals surface area contributed by atoms with Crippen molar-refractivity contribution >= 4 is 28.5 Å². The number of benzene rings is 1. The molecule has 0 unspecified atom stereocenters. The van der Waals surface area contributed by atoms with Gasteiger partial charge in [0, 0.05) is 11.5 Å². The highest BCUT2D eigenvalue weighted by Gasteiger charge is 2.07. The van der Waals surface area contributed by atoms with Crippen LogP contribution >= 0.6 is 11.6 Å². The summed E-state index contributed by atoms with van der Waals surface area (Å²) in [5, 5.41) is 9.66. The monoisotopic (exact) mass is 226 g/mol. The van der Waals surface area contributed by atoms with Crippen molar-refractivity contribution < 1.29 is 19.1 Å². The van der Waals surface area contributed by atoms with Crippen molar-refractivity contribution in [2.45, 2.75) is 0 Å². The van der Waals surface area contributed by atoms with Gasteiger partial charge in [-0.05, 0) is 12.1 Å². The van der Waals surface area contributed by atoms with Gasteiger partial charge in [-0.25, -0.2) is 4.79 Å². The predicted octanol–water partition coefficient (Wildman–Crippen LogP) is 2.55. The van der Waals surface area contributed by atoms with Gasteiger partial charge in [-0.1, -0.05) is 11.6 Å². The third-order valence-corrected chi connectivity index (χ3v) is 2.15. The molecule has 2 aromatic rings. The normalized spacial score (nSPS) is 10.5. The van der Waals surface area contributed by atoms with Gasteiger partial charge in [0.15, 0.2) is 6.61 Å². The Hall–Kier alpha value is -1.68. The smallest absolute Gasteiger partial charge is 0.341 e. The quantitative estimate of drug-likeness (QED) is 0.874. The van der Waals surface area contributed by atoms with Crippen LogP contribution in [0.4, 0.5) is 0 Å². The van der Waals surface area contributed by atoms with E-state index in [0.29, 0.717) is 16.4 Å². The fraction of sp³-hybridized carbons (Fsp3) is 0.100. The molecule has 1 heterocycles. The molecule has 2 rings (SSSR count). The summed E-state index contributed by atoms with van der Waals surface area (Å²) < 4.78 is 10.1. The van der Waals surface area contributed by atoms with E-state index in [2.05, 4.69) is 0 Å². The molecule has 1 N–H and O–H groups in total. The summed E-state index contributed by atoms with van der Waals surface area (Å²) in [6.45, 7) is -0.425. The number of halogens is 1. The van der Waals surface area contributed by atoms with Crippen LogP contribution in [0.25, 0.3) is 11.0 Å². The SMILES string of the molecule is O=C(O)COc1cc2occc2cc1Cl. The van der Waals surface area contributed by atoms with Gasteiger partial charge in [0.2, 0.25) is 0 Å². The average Bonchev–Trinajstić information content (AvgIpc) is 2.60. The second-order valence-electron chi connectivity index (χ2n) is 2.92. The lowest BCUT2D eigenvalue weighted by Gasteiger charge is -2.04. The molecule has 0 spiro atoms. The topological polar surface area (TPSA) is 59.7 Å². The summed E-state index contributed by atoms with van der Waals surface area (Å²) >= 11 is 5.88. The third-order valence-electron chi connectivity index (χ3n) is 1.86. The number of carboxylic acid groups (broad SMARTS) is 1. The van der Waals surface area contributed by atoms with E-state index in [0.717, 1.165) is 5.39 Å². The Morgan fingerprint density at radius 2 is 2.33 bits per heavy atom. The van der Waals surface area contributed by atoms with Gasteiger partial charge >= 0.3 is 5.97 Å². The Balaban J connectivity index is 2.33. The van der Waals surface area contributed by atoms with Crippen LogP contribution in [0.1, 0.15) is 0 Å². The van der Waals surface area contributed by atoms with E-state index in [4.69, 9.17) is 25.9 Å². The van der Waals surface area contributed by atoms with E-state index in [-0.39, 0.29) is 0 Å². The van der Waals surface area contributed by atoms with E-state index in [1.807, 2.05) is 0 Å². The number of carbonyl (C=O) groups is 1. The maximum absolute atomic E-state index is 10.3. The van der Waals surface area contributed by atoms with Crippen molar-refractivity contribution in [3.05, 3.63) is 29.5 Å². The predicted molar refractivity (Wildman–Crippen MR) is 54.4 cm³/mol. The maximum atomic E-state index is 10.3. The minimum absolute atomic E-state index is 0.307. The Labute approximate surface area is 90.0 Å². The molecule has 4 nitrogen and oxygen atoms in total. The molecule has 0 amide bonds. The minimum atomic E-state index is -1.05. The van der Waals surface area contributed by atoms with Crippen molar-refractivity contribution in [3.63, 3.8) is 0 Å². The molecular formula is C10H7ClO4. The lowest BCUT2D eigenvalue weighted by Crippen LogP contribution is -2.09. The molecular weight excluding hydrogens is 220 g/mol. The van der Waals surface area contributed by atoms with Gasteiger partial charge in [-0.15, -0.1) is 0 Å². The number of carboxylic acids is 1. The van der Waals surface area contributed by atoms with Gasteiger partial charge in [-0.3, -0.25) is 0 Å². The maximum Gasteiger partial charge on any atom is 0.341 e. The van der Waals surface area contributed by atoms with Crippen LogP contribution in [0.5, 0.6) is 5.75 Å². The van der Waals surface area contributed by atoms with Crippen LogP contribution in [0, 0.1) is 0 Å². The molecule has 0 atom stereocenters.